The Labute approximate surface area is 220 Å². The first kappa shape index (κ1) is 24.2. The standard InChI is InChI=1S/C29H27N3O2S2/c1-18-9-5-8-12-24(18)32(26-19(2)13-14-20-10-6-7-11-22(20)26)25-16-15-21(36-25)17-23-27(33)30(3)29(35)31(4)28(23)34/h5-17,27,33H,1-4H3/b23-17-. The van der Waals surface area contributed by atoms with E-state index in [9.17, 15) is 9.90 Å². The van der Waals surface area contributed by atoms with Crippen LogP contribution in [0, 0.1) is 13.8 Å². The molecular weight excluding hydrogens is 486 g/mol. The summed E-state index contributed by atoms with van der Waals surface area (Å²) < 4.78 is 0. The second kappa shape index (κ2) is 9.50. The fourth-order valence-electron chi connectivity index (χ4n) is 4.59. The highest BCUT2D eigenvalue weighted by Gasteiger charge is 2.35. The van der Waals surface area contributed by atoms with Crippen molar-refractivity contribution in [2.24, 2.45) is 0 Å². The molecule has 1 unspecified atom stereocenters. The molecule has 1 N–H and O–H groups in total. The van der Waals surface area contributed by atoms with Gasteiger partial charge in [0.15, 0.2) is 11.3 Å². The summed E-state index contributed by atoms with van der Waals surface area (Å²) in [6.45, 7) is 4.25. The highest BCUT2D eigenvalue weighted by atomic mass is 32.1. The van der Waals surface area contributed by atoms with E-state index in [1.165, 1.54) is 26.1 Å². The third-order valence-electron chi connectivity index (χ3n) is 6.60. The Balaban J connectivity index is 1.66. The van der Waals surface area contributed by atoms with E-state index in [0.717, 1.165) is 26.8 Å². The number of amides is 1. The number of para-hydroxylation sites is 1. The van der Waals surface area contributed by atoms with Crippen LogP contribution in [0.5, 0.6) is 0 Å². The number of hydrogen-bond donors (Lipinski definition) is 1. The lowest BCUT2D eigenvalue weighted by Crippen LogP contribution is -2.55. The van der Waals surface area contributed by atoms with Gasteiger partial charge in [-0.1, -0.05) is 54.6 Å². The molecule has 1 atom stereocenters. The zero-order valence-electron chi connectivity index (χ0n) is 20.6. The molecule has 0 radical (unpaired) electrons. The van der Waals surface area contributed by atoms with Crippen molar-refractivity contribution in [1.82, 2.24) is 9.80 Å². The summed E-state index contributed by atoms with van der Waals surface area (Å²) in [5.41, 5.74) is 4.84. The van der Waals surface area contributed by atoms with Gasteiger partial charge in [0.1, 0.15) is 5.00 Å². The molecule has 4 aromatic rings. The lowest BCUT2D eigenvalue weighted by Gasteiger charge is -2.37. The van der Waals surface area contributed by atoms with Crippen molar-refractivity contribution < 1.29 is 9.90 Å². The summed E-state index contributed by atoms with van der Waals surface area (Å²) in [4.78, 5) is 19.0. The number of anilines is 3. The van der Waals surface area contributed by atoms with Crippen LogP contribution in [0.3, 0.4) is 0 Å². The number of aliphatic hydroxyl groups is 1. The van der Waals surface area contributed by atoms with Crippen LogP contribution >= 0.6 is 23.6 Å². The number of nitrogens with zero attached hydrogens (tertiary/aromatic N) is 3. The summed E-state index contributed by atoms with van der Waals surface area (Å²) in [7, 11) is 3.32. The molecule has 0 spiro atoms. The van der Waals surface area contributed by atoms with E-state index in [1.54, 1.807) is 31.5 Å². The maximum atomic E-state index is 12.9. The minimum absolute atomic E-state index is 0.291. The molecule has 0 saturated carbocycles. The molecule has 5 nitrogen and oxygen atoms in total. The molecule has 1 fully saturated rings. The Hall–Kier alpha value is -3.52. The molecule has 36 heavy (non-hydrogen) atoms. The molecule has 1 aliphatic heterocycles. The number of hydrogen-bond acceptors (Lipinski definition) is 5. The van der Waals surface area contributed by atoms with Crippen LogP contribution in [0.25, 0.3) is 16.8 Å². The Morgan fingerprint density at radius 1 is 0.944 bits per heavy atom. The van der Waals surface area contributed by atoms with Gasteiger partial charge in [0.05, 0.1) is 11.3 Å². The lowest BCUT2D eigenvalue weighted by atomic mass is 10.0. The van der Waals surface area contributed by atoms with Crippen LogP contribution in [0.4, 0.5) is 16.4 Å². The molecule has 1 aromatic heterocycles. The van der Waals surface area contributed by atoms with Crippen molar-refractivity contribution in [2.75, 3.05) is 19.0 Å². The van der Waals surface area contributed by atoms with Gasteiger partial charge in [-0.15, -0.1) is 11.3 Å². The number of carbonyl (C=O) groups excluding carboxylic acids is 1. The maximum Gasteiger partial charge on any atom is 0.260 e. The van der Waals surface area contributed by atoms with Gasteiger partial charge in [0, 0.05) is 30.0 Å². The number of aliphatic hydroxyl groups excluding tert-OH is 1. The second-order valence-corrected chi connectivity index (χ2v) is 10.4. The van der Waals surface area contributed by atoms with Crippen molar-refractivity contribution in [2.45, 2.75) is 20.1 Å². The van der Waals surface area contributed by atoms with Crippen LogP contribution in [0.1, 0.15) is 16.0 Å². The molecular formula is C29H27N3O2S2. The van der Waals surface area contributed by atoms with Gasteiger partial charge in [-0.3, -0.25) is 9.69 Å². The minimum atomic E-state index is -1.08. The number of aryl methyl sites for hydroxylation is 2. The first-order chi connectivity index (χ1) is 17.3. The highest BCUT2D eigenvalue weighted by Crippen LogP contribution is 2.45. The summed E-state index contributed by atoms with van der Waals surface area (Å²) in [5.74, 6) is -0.291. The molecule has 1 saturated heterocycles. The number of fused-ring (bicyclic) bond motifs is 1. The first-order valence-electron chi connectivity index (χ1n) is 11.7. The number of rotatable bonds is 4. The predicted octanol–water partition coefficient (Wildman–Crippen LogP) is 6.38. The summed E-state index contributed by atoms with van der Waals surface area (Å²) in [6.07, 6.45) is 0.682. The number of likely N-dealkylation sites (N-methyl/N-ethyl adjacent to an activating group) is 2. The van der Waals surface area contributed by atoms with E-state index in [0.29, 0.717) is 10.7 Å². The largest absolute Gasteiger partial charge is 0.369 e. The fraction of sp³-hybridized carbons (Fsp3) is 0.172. The molecule has 7 heteroatoms. The summed E-state index contributed by atoms with van der Waals surface area (Å²) >= 11 is 6.85. The minimum Gasteiger partial charge on any atom is -0.369 e. The number of carbonyl (C=O) groups is 1. The van der Waals surface area contributed by atoms with Gasteiger partial charge >= 0.3 is 0 Å². The van der Waals surface area contributed by atoms with Gasteiger partial charge in [-0.05, 0) is 66.9 Å². The number of benzene rings is 3. The van der Waals surface area contributed by atoms with Gasteiger partial charge < -0.3 is 14.9 Å². The molecule has 5 rings (SSSR count). The smallest absolute Gasteiger partial charge is 0.260 e. The molecule has 2 heterocycles. The third-order valence-corrected chi connectivity index (χ3v) is 8.18. The molecule has 0 bridgehead atoms. The van der Waals surface area contributed by atoms with Crippen molar-refractivity contribution >= 4 is 67.8 Å². The van der Waals surface area contributed by atoms with Crippen LogP contribution < -0.4 is 4.90 Å². The zero-order valence-corrected chi connectivity index (χ0v) is 22.2. The molecule has 1 aliphatic rings. The van der Waals surface area contributed by atoms with Crippen LogP contribution in [-0.2, 0) is 4.79 Å². The highest BCUT2D eigenvalue weighted by molar-refractivity contribution is 7.80. The van der Waals surface area contributed by atoms with Crippen LogP contribution in [-0.4, -0.2) is 46.2 Å². The van der Waals surface area contributed by atoms with E-state index >= 15 is 0 Å². The van der Waals surface area contributed by atoms with Crippen molar-refractivity contribution in [3.63, 3.8) is 0 Å². The lowest BCUT2D eigenvalue weighted by molar-refractivity contribution is -0.126. The average Bonchev–Trinajstić information content (AvgIpc) is 3.35. The number of thiophene rings is 1. The van der Waals surface area contributed by atoms with Gasteiger partial charge in [-0.2, -0.15) is 0 Å². The van der Waals surface area contributed by atoms with E-state index < -0.39 is 6.23 Å². The van der Waals surface area contributed by atoms with E-state index in [4.69, 9.17) is 12.2 Å². The topological polar surface area (TPSA) is 47.0 Å². The first-order valence-corrected chi connectivity index (χ1v) is 12.9. The fourth-order valence-corrected chi connectivity index (χ4v) is 5.76. The zero-order chi connectivity index (χ0) is 25.6. The van der Waals surface area contributed by atoms with Crippen LogP contribution in [0.2, 0.25) is 0 Å². The van der Waals surface area contributed by atoms with Gasteiger partial charge in [-0.25, -0.2) is 0 Å². The van der Waals surface area contributed by atoms with E-state index in [1.807, 2.05) is 12.1 Å². The second-order valence-electron chi connectivity index (χ2n) is 8.98. The van der Waals surface area contributed by atoms with E-state index in [2.05, 4.69) is 79.4 Å². The molecule has 3 aromatic carbocycles. The van der Waals surface area contributed by atoms with Crippen LogP contribution in [0.15, 0.2) is 78.4 Å². The summed E-state index contributed by atoms with van der Waals surface area (Å²) in [5, 5.41) is 14.4. The van der Waals surface area contributed by atoms with Crippen molar-refractivity contribution in [3.05, 3.63) is 94.4 Å². The molecule has 0 aliphatic carbocycles. The normalized spacial score (nSPS) is 17.4. The predicted molar refractivity (Wildman–Crippen MR) is 153 cm³/mol. The molecule has 1 amide bonds. The number of thiocarbonyl (C=S) groups is 1. The monoisotopic (exact) mass is 513 g/mol. The molecule has 182 valence electrons. The quantitative estimate of drug-likeness (QED) is 0.254. The van der Waals surface area contributed by atoms with Crippen molar-refractivity contribution in [3.8, 4) is 0 Å². The Kier molecular flexibility index (Phi) is 6.38. The third kappa shape index (κ3) is 4.09. The van der Waals surface area contributed by atoms with Crippen molar-refractivity contribution in [1.29, 1.82) is 0 Å². The van der Waals surface area contributed by atoms with Gasteiger partial charge in [0.2, 0.25) is 0 Å². The summed E-state index contributed by atoms with van der Waals surface area (Å²) in [6, 6.07) is 25.1. The van der Waals surface area contributed by atoms with E-state index in [-0.39, 0.29) is 5.91 Å². The Morgan fingerprint density at radius 3 is 2.44 bits per heavy atom. The Morgan fingerprint density at radius 2 is 1.67 bits per heavy atom. The average molecular weight is 514 g/mol. The maximum absolute atomic E-state index is 12.9. The van der Waals surface area contributed by atoms with Gasteiger partial charge in [0.25, 0.3) is 5.91 Å². The Bertz CT molecular complexity index is 1520. The SMILES string of the molecule is Cc1ccccc1N(c1ccc(/C=C2\C(=O)N(C)C(=S)N(C)C2O)s1)c1c(C)ccc2ccccc12.